The van der Waals surface area contributed by atoms with Gasteiger partial charge in [0.25, 0.3) is 0 Å². The highest BCUT2D eigenvalue weighted by atomic mass is 32.1. The largest absolute Gasteiger partial charge is 0.396 e. The number of hydrogen-bond acceptors (Lipinski definition) is 4. The molecule has 0 saturated heterocycles. The van der Waals surface area contributed by atoms with Crippen LogP contribution in [0.3, 0.4) is 0 Å². The second kappa shape index (κ2) is 7.58. The summed E-state index contributed by atoms with van der Waals surface area (Å²) in [6, 6.07) is 4.26. The third kappa shape index (κ3) is 4.27. The predicted molar refractivity (Wildman–Crippen MR) is 81.4 cm³/mol. The van der Waals surface area contributed by atoms with Crippen molar-refractivity contribution in [1.82, 2.24) is 10.3 Å². The normalized spacial score (nSPS) is 12.9. The lowest BCUT2D eigenvalue weighted by Crippen LogP contribution is -2.23. The van der Waals surface area contributed by atoms with Gasteiger partial charge in [-0.1, -0.05) is 13.3 Å². The van der Waals surface area contributed by atoms with E-state index in [4.69, 9.17) is 5.11 Å². The van der Waals surface area contributed by atoms with Crippen molar-refractivity contribution in [2.45, 2.75) is 32.7 Å². The molecule has 1 atom stereocenters. The van der Waals surface area contributed by atoms with Gasteiger partial charge < -0.3 is 10.4 Å². The van der Waals surface area contributed by atoms with Crippen molar-refractivity contribution in [2.24, 2.45) is 5.92 Å². The van der Waals surface area contributed by atoms with Gasteiger partial charge >= 0.3 is 0 Å². The first kappa shape index (κ1) is 14.4. The van der Waals surface area contributed by atoms with E-state index < -0.39 is 0 Å². The summed E-state index contributed by atoms with van der Waals surface area (Å²) >= 11 is 1.73. The number of hydrogen-bond donors (Lipinski definition) is 2. The van der Waals surface area contributed by atoms with E-state index in [1.807, 2.05) is 6.20 Å². The summed E-state index contributed by atoms with van der Waals surface area (Å²) in [4.78, 5) is 4.44. The van der Waals surface area contributed by atoms with E-state index in [1.165, 1.54) is 23.1 Å². The molecular formula is C15H22N2OS. The van der Waals surface area contributed by atoms with Crippen LogP contribution in [0.25, 0.3) is 10.2 Å². The van der Waals surface area contributed by atoms with E-state index in [0.29, 0.717) is 5.92 Å². The molecule has 2 aromatic heterocycles. The lowest BCUT2D eigenvalue weighted by molar-refractivity contribution is 0.248. The molecular weight excluding hydrogens is 256 g/mol. The fraction of sp³-hybridized carbons (Fsp3) is 0.533. The Labute approximate surface area is 118 Å². The smallest absolute Gasteiger partial charge is 0.0809 e. The highest BCUT2D eigenvalue weighted by Gasteiger charge is 2.07. The fourth-order valence-electron chi connectivity index (χ4n) is 2.34. The summed E-state index contributed by atoms with van der Waals surface area (Å²) < 4.78 is 1.25. The number of fused-ring (bicyclic) bond motifs is 1. The molecule has 0 aromatic carbocycles. The van der Waals surface area contributed by atoms with E-state index >= 15 is 0 Å². The number of aliphatic hydroxyl groups is 1. The van der Waals surface area contributed by atoms with E-state index in [2.05, 4.69) is 34.7 Å². The minimum absolute atomic E-state index is 0.287. The summed E-state index contributed by atoms with van der Waals surface area (Å²) in [7, 11) is 0. The second-order valence-corrected chi connectivity index (χ2v) is 5.89. The molecule has 104 valence electrons. The first-order chi connectivity index (χ1) is 9.33. The second-order valence-electron chi connectivity index (χ2n) is 4.95. The third-order valence-electron chi connectivity index (χ3n) is 3.36. The Morgan fingerprint density at radius 1 is 1.42 bits per heavy atom. The zero-order valence-electron chi connectivity index (χ0n) is 11.4. The van der Waals surface area contributed by atoms with E-state index in [0.717, 1.165) is 25.0 Å². The molecule has 4 heteroatoms. The average Bonchev–Trinajstić information content (AvgIpc) is 2.86. The molecule has 0 saturated carbocycles. The molecule has 0 amide bonds. The van der Waals surface area contributed by atoms with Gasteiger partial charge in [-0.25, -0.2) is 0 Å². The summed E-state index contributed by atoms with van der Waals surface area (Å²) in [5, 5.41) is 14.6. The first-order valence-electron chi connectivity index (χ1n) is 6.97. The SMILES string of the molecule is CCCC(CCO)CNCc1cnc2ccsc2c1. The van der Waals surface area contributed by atoms with Crippen LogP contribution in [0.4, 0.5) is 0 Å². The molecule has 0 aliphatic carbocycles. The number of rotatable bonds is 8. The van der Waals surface area contributed by atoms with E-state index in [-0.39, 0.29) is 6.61 Å². The van der Waals surface area contributed by atoms with Crippen molar-refractivity contribution < 1.29 is 5.11 Å². The number of thiophene rings is 1. The molecule has 0 aliphatic rings. The Hall–Kier alpha value is -0.970. The lowest BCUT2D eigenvalue weighted by atomic mass is 10.0. The van der Waals surface area contributed by atoms with Crippen LogP contribution in [-0.2, 0) is 6.54 Å². The third-order valence-corrected chi connectivity index (χ3v) is 4.21. The first-order valence-corrected chi connectivity index (χ1v) is 7.85. The molecule has 0 radical (unpaired) electrons. The van der Waals surface area contributed by atoms with Gasteiger partial charge in [0.2, 0.25) is 0 Å². The Bertz CT molecular complexity index is 492. The van der Waals surface area contributed by atoms with Crippen molar-refractivity contribution in [1.29, 1.82) is 0 Å². The molecule has 1 unspecified atom stereocenters. The highest BCUT2D eigenvalue weighted by Crippen LogP contribution is 2.19. The summed E-state index contributed by atoms with van der Waals surface area (Å²) in [5.74, 6) is 0.577. The van der Waals surface area contributed by atoms with Gasteiger partial charge in [0.05, 0.1) is 10.2 Å². The van der Waals surface area contributed by atoms with Gasteiger partial charge in [-0.3, -0.25) is 4.98 Å². The van der Waals surface area contributed by atoms with Gasteiger partial charge in [-0.05, 0) is 48.4 Å². The van der Waals surface area contributed by atoms with Crippen LogP contribution in [-0.4, -0.2) is 23.2 Å². The van der Waals surface area contributed by atoms with Gasteiger partial charge in [0.1, 0.15) is 0 Å². The van der Waals surface area contributed by atoms with Gasteiger partial charge in [-0.2, -0.15) is 0 Å². The summed E-state index contributed by atoms with van der Waals surface area (Å²) in [6.45, 7) is 4.30. The Kier molecular flexibility index (Phi) is 5.76. The molecule has 19 heavy (non-hydrogen) atoms. The summed E-state index contributed by atoms with van der Waals surface area (Å²) in [6.07, 6.45) is 5.19. The van der Waals surface area contributed by atoms with Crippen LogP contribution in [0.5, 0.6) is 0 Å². The van der Waals surface area contributed by atoms with Crippen LogP contribution in [0.2, 0.25) is 0 Å². The Balaban J connectivity index is 1.83. The highest BCUT2D eigenvalue weighted by molar-refractivity contribution is 7.17. The van der Waals surface area contributed by atoms with Gasteiger partial charge in [0.15, 0.2) is 0 Å². The van der Waals surface area contributed by atoms with Gasteiger partial charge in [0, 0.05) is 19.3 Å². The quantitative estimate of drug-likeness (QED) is 0.779. The molecule has 0 spiro atoms. The monoisotopic (exact) mass is 278 g/mol. The van der Waals surface area contributed by atoms with E-state index in [9.17, 15) is 0 Å². The average molecular weight is 278 g/mol. The Morgan fingerprint density at radius 3 is 3.11 bits per heavy atom. The molecule has 2 heterocycles. The number of nitrogens with one attached hydrogen (secondary N) is 1. The molecule has 0 aliphatic heterocycles. The molecule has 2 N–H and O–H groups in total. The van der Waals surface area contributed by atoms with E-state index in [1.54, 1.807) is 11.3 Å². The maximum absolute atomic E-state index is 9.04. The van der Waals surface area contributed by atoms with Crippen molar-refractivity contribution in [3.05, 3.63) is 29.3 Å². The van der Waals surface area contributed by atoms with Crippen LogP contribution < -0.4 is 5.32 Å². The molecule has 0 bridgehead atoms. The number of aliphatic hydroxyl groups excluding tert-OH is 1. The topological polar surface area (TPSA) is 45.1 Å². The number of nitrogens with zero attached hydrogens (tertiary/aromatic N) is 1. The van der Waals surface area contributed by atoms with Gasteiger partial charge in [-0.15, -0.1) is 11.3 Å². The zero-order valence-corrected chi connectivity index (χ0v) is 12.2. The molecule has 2 rings (SSSR count). The maximum atomic E-state index is 9.04. The summed E-state index contributed by atoms with van der Waals surface area (Å²) in [5.41, 5.74) is 2.31. The molecule has 0 fully saturated rings. The maximum Gasteiger partial charge on any atom is 0.0809 e. The number of aromatic nitrogens is 1. The van der Waals surface area contributed by atoms with Crippen molar-refractivity contribution in [3.8, 4) is 0 Å². The lowest BCUT2D eigenvalue weighted by Gasteiger charge is -2.15. The van der Waals surface area contributed by atoms with Crippen LogP contribution >= 0.6 is 11.3 Å². The zero-order chi connectivity index (χ0) is 13.5. The van der Waals surface area contributed by atoms with Crippen LogP contribution in [0.1, 0.15) is 31.7 Å². The Morgan fingerprint density at radius 2 is 2.32 bits per heavy atom. The minimum Gasteiger partial charge on any atom is -0.396 e. The van der Waals surface area contributed by atoms with Crippen LogP contribution in [0.15, 0.2) is 23.7 Å². The molecule has 3 nitrogen and oxygen atoms in total. The minimum atomic E-state index is 0.287. The fourth-order valence-corrected chi connectivity index (χ4v) is 3.15. The van der Waals surface area contributed by atoms with Crippen molar-refractivity contribution in [3.63, 3.8) is 0 Å². The molecule has 2 aromatic rings. The van der Waals surface area contributed by atoms with Crippen molar-refractivity contribution in [2.75, 3.05) is 13.2 Å². The standard InChI is InChI=1S/C15H22N2OS/c1-2-3-12(4-6-18)9-16-10-13-8-15-14(17-11-13)5-7-19-15/h5,7-8,11-12,16,18H,2-4,6,9-10H2,1H3. The predicted octanol–water partition coefficient (Wildman–Crippen LogP) is 3.18. The number of pyridine rings is 1. The van der Waals surface area contributed by atoms with Crippen molar-refractivity contribution >= 4 is 21.6 Å². The van der Waals surface area contributed by atoms with Crippen LogP contribution in [0, 0.1) is 5.92 Å².